The lowest BCUT2D eigenvalue weighted by Gasteiger charge is -2.13. The third-order valence-corrected chi connectivity index (χ3v) is 4.64. The molecule has 0 radical (unpaired) electrons. The second-order valence-corrected chi connectivity index (χ2v) is 6.86. The van der Waals surface area contributed by atoms with Crippen LogP contribution in [0.5, 0.6) is 11.5 Å². The Hall–Kier alpha value is -4.74. The van der Waals surface area contributed by atoms with Crippen LogP contribution in [0.3, 0.4) is 0 Å². The molecular weight excluding hydrogens is 446 g/mol. The zero-order chi connectivity index (χ0) is 24.8. The number of nitro groups is 1. The van der Waals surface area contributed by atoms with Gasteiger partial charge in [-0.05, 0) is 38.1 Å². The Labute approximate surface area is 193 Å². The molecule has 2 aromatic carbocycles. The van der Waals surface area contributed by atoms with E-state index in [-0.39, 0.29) is 22.6 Å². The topological polar surface area (TPSA) is 155 Å². The SMILES string of the molecule is CCOc1ccc(C(=O)NNC(=O)c2nn(-c3ccccc3[N+](=O)[O-])c(C)cc2=O)cc1OC. The maximum atomic E-state index is 12.6. The van der Waals surface area contributed by atoms with Gasteiger partial charge in [-0.25, -0.2) is 4.68 Å². The van der Waals surface area contributed by atoms with Crippen LogP contribution in [0.2, 0.25) is 0 Å². The van der Waals surface area contributed by atoms with Crippen LogP contribution in [-0.2, 0) is 0 Å². The predicted octanol–water partition coefficient (Wildman–Crippen LogP) is 1.93. The Balaban J connectivity index is 1.83. The fourth-order valence-corrected chi connectivity index (χ4v) is 3.07. The van der Waals surface area contributed by atoms with E-state index in [0.717, 1.165) is 10.7 Å². The molecule has 2 amide bonds. The van der Waals surface area contributed by atoms with Gasteiger partial charge in [0.2, 0.25) is 5.43 Å². The molecule has 0 atom stereocenters. The summed E-state index contributed by atoms with van der Waals surface area (Å²) in [6, 6.07) is 11.3. The minimum Gasteiger partial charge on any atom is -0.493 e. The normalized spacial score (nSPS) is 10.3. The zero-order valence-corrected chi connectivity index (χ0v) is 18.5. The van der Waals surface area contributed by atoms with Crippen molar-refractivity contribution in [1.82, 2.24) is 20.6 Å². The van der Waals surface area contributed by atoms with E-state index >= 15 is 0 Å². The Morgan fingerprint density at radius 3 is 2.47 bits per heavy atom. The van der Waals surface area contributed by atoms with Crippen molar-refractivity contribution in [3.63, 3.8) is 0 Å². The first-order chi connectivity index (χ1) is 16.3. The third-order valence-electron chi connectivity index (χ3n) is 4.64. The number of hydrazine groups is 1. The number of benzene rings is 2. The molecule has 3 rings (SSSR count). The number of aromatic nitrogens is 2. The molecular formula is C22H21N5O7. The minimum absolute atomic E-state index is 0.0737. The molecule has 1 heterocycles. The second kappa shape index (κ2) is 10.3. The van der Waals surface area contributed by atoms with Gasteiger partial charge < -0.3 is 9.47 Å². The van der Waals surface area contributed by atoms with Gasteiger partial charge in [-0.2, -0.15) is 5.10 Å². The van der Waals surface area contributed by atoms with Gasteiger partial charge >= 0.3 is 0 Å². The van der Waals surface area contributed by atoms with Gasteiger partial charge in [-0.15, -0.1) is 0 Å². The molecule has 1 aromatic heterocycles. The first-order valence-electron chi connectivity index (χ1n) is 10.0. The van der Waals surface area contributed by atoms with Crippen molar-refractivity contribution in [3.05, 3.63) is 85.8 Å². The Kier molecular flexibility index (Phi) is 7.21. The molecule has 0 unspecified atom stereocenters. The number of methoxy groups -OCH3 is 1. The fourth-order valence-electron chi connectivity index (χ4n) is 3.07. The number of nitrogens with one attached hydrogen (secondary N) is 2. The highest BCUT2D eigenvalue weighted by Gasteiger charge is 2.21. The van der Waals surface area contributed by atoms with E-state index in [2.05, 4.69) is 16.0 Å². The minimum atomic E-state index is -0.997. The first-order valence-corrected chi connectivity index (χ1v) is 10.0. The number of ether oxygens (including phenoxy) is 2. The molecule has 0 aliphatic carbocycles. The van der Waals surface area contributed by atoms with E-state index in [1.54, 1.807) is 19.1 Å². The van der Waals surface area contributed by atoms with Crippen molar-refractivity contribution in [2.45, 2.75) is 13.8 Å². The Morgan fingerprint density at radius 2 is 1.79 bits per heavy atom. The summed E-state index contributed by atoms with van der Waals surface area (Å²) in [5, 5.41) is 15.4. The monoisotopic (exact) mass is 467 g/mol. The summed E-state index contributed by atoms with van der Waals surface area (Å²) >= 11 is 0. The average molecular weight is 467 g/mol. The van der Waals surface area contributed by atoms with Crippen molar-refractivity contribution < 1.29 is 24.0 Å². The molecule has 0 saturated carbocycles. The van der Waals surface area contributed by atoms with Crippen LogP contribution in [0, 0.1) is 17.0 Å². The molecule has 2 N–H and O–H groups in total. The third kappa shape index (κ3) is 5.01. The zero-order valence-electron chi connectivity index (χ0n) is 18.5. The maximum absolute atomic E-state index is 12.6. The van der Waals surface area contributed by atoms with Crippen molar-refractivity contribution >= 4 is 17.5 Å². The summed E-state index contributed by atoms with van der Waals surface area (Å²) in [6.07, 6.45) is 0. The molecule has 0 spiro atoms. The van der Waals surface area contributed by atoms with E-state index in [9.17, 15) is 24.5 Å². The lowest BCUT2D eigenvalue weighted by Crippen LogP contribution is -2.44. The molecule has 0 bridgehead atoms. The van der Waals surface area contributed by atoms with Crippen LogP contribution in [0.15, 0.2) is 53.3 Å². The van der Waals surface area contributed by atoms with Crippen LogP contribution in [0.1, 0.15) is 33.5 Å². The summed E-state index contributed by atoms with van der Waals surface area (Å²) in [5.41, 5.74) is 3.30. The van der Waals surface area contributed by atoms with Crippen molar-refractivity contribution in [2.24, 2.45) is 0 Å². The number of aryl methyl sites for hydroxylation is 1. The molecule has 176 valence electrons. The molecule has 34 heavy (non-hydrogen) atoms. The molecule has 0 fully saturated rings. The van der Waals surface area contributed by atoms with Crippen LogP contribution < -0.4 is 25.8 Å². The van der Waals surface area contributed by atoms with Crippen molar-refractivity contribution in [3.8, 4) is 17.2 Å². The number of para-hydroxylation sites is 2. The highest BCUT2D eigenvalue weighted by molar-refractivity contribution is 5.98. The summed E-state index contributed by atoms with van der Waals surface area (Å²) in [6.45, 7) is 3.73. The van der Waals surface area contributed by atoms with E-state index in [1.807, 2.05) is 0 Å². The highest BCUT2D eigenvalue weighted by atomic mass is 16.6. The molecule has 12 nitrogen and oxygen atoms in total. The molecule has 0 aliphatic heterocycles. The standard InChI is InChI=1S/C22H21N5O7/c1-4-34-18-10-9-14(12-19(18)33-3)21(29)23-24-22(30)20-17(28)11-13(2)26(25-20)15-7-5-6-8-16(15)27(31)32/h5-12H,4H2,1-3H3,(H,23,29)(H,24,30). The summed E-state index contributed by atoms with van der Waals surface area (Å²) in [5.74, 6) is -0.900. The van der Waals surface area contributed by atoms with Crippen LogP contribution in [0.4, 0.5) is 5.69 Å². The average Bonchev–Trinajstić information content (AvgIpc) is 2.82. The lowest BCUT2D eigenvalue weighted by molar-refractivity contribution is -0.384. The van der Waals surface area contributed by atoms with Gasteiger partial charge in [0.05, 0.1) is 18.6 Å². The van der Waals surface area contributed by atoms with Gasteiger partial charge in [-0.3, -0.25) is 35.3 Å². The maximum Gasteiger partial charge on any atom is 0.294 e. The number of rotatable bonds is 7. The van der Waals surface area contributed by atoms with Gasteiger partial charge in [0, 0.05) is 23.4 Å². The van der Waals surface area contributed by atoms with Crippen LogP contribution >= 0.6 is 0 Å². The van der Waals surface area contributed by atoms with E-state index in [1.165, 1.54) is 44.4 Å². The molecule has 0 saturated heterocycles. The van der Waals surface area contributed by atoms with Crippen molar-refractivity contribution in [2.75, 3.05) is 13.7 Å². The highest BCUT2D eigenvalue weighted by Crippen LogP contribution is 2.28. The van der Waals surface area contributed by atoms with Gasteiger partial charge in [0.25, 0.3) is 17.5 Å². The van der Waals surface area contributed by atoms with Crippen LogP contribution in [-0.4, -0.2) is 40.2 Å². The van der Waals surface area contributed by atoms with Crippen LogP contribution in [0.25, 0.3) is 5.69 Å². The second-order valence-electron chi connectivity index (χ2n) is 6.86. The number of amides is 2. The molecule has 3 aromatic rings. The number of carbonyl (C=O) groups excluding carboxylic acids is 2. The summed E-state index contributed by atoms with van der Waals surface area (Å²) in [4.78, 5) is 48.2. The Morgan fingerprint density at radius 1 is 1.09 bits per heavy atom. The van der Waals surface area contributed by atoms with Gasteiger partial charge in [-0.1, -0.05) is 12.1 Å². The molecule has 0 aliphatic rings. The largest absolute Gasteiger partial charge is 0.493 e. The summed E-state index contributed by atoms with van der Waals surface area (Å²) in [7, 11) is 1.42. The van der Waals surface area contributed by atoms with E-state index in [4.69, 9.17) is 9.47 Å². The smallest absolute Gasteiger partial charge is 0.294 e. The first kappa shape index (κ1) is 23.9. The van der Waals surface area contributed by atoms with Gasteiger partial charge in [0.15, 0.2) is 17.2 Å². The van der Waals surface area contributed by atoms with Crippen molar-refractivity contribution in [1.29, 1.82) is 0 Å². The number of nitrogens with zero attached hydrogens (tertiary/aromatic N) is 3. The lowest BCUT2D eigenvalue weighted by atomic mass is 10.2. The van der Waals surface area contributed by atoms with Gasteiger partial charge in [0.1, 0.15) is 5.69 Å². The van der Waals surface area contributed by atoms with E-state index < -0.39 is 27.9 Å². The molecule has 12 heteroatoms. The van der Waals surface area contributed by atoms with E-state index in [0.29, 0.717) is 18.1 Å². The summed E-state index contributed by atoms with van der Waals surface area (Å²) < 4.78 is 11.7. The predicted molar refractivity (Wildman–Crippen MR) is 120 cm³/mol. The number of nitro benzene ring substituents is 1. The fraction of sp³-hybridized carbons (Fsp3) is 0.182. The number of hydrogen-bond acceptors (Lipinski definition) is 8. The quantitative estimate of drug-likeness (QED) is 0.395. The Bertz CT molecular complexity index is 1320. The number of hydrogen-bond donors (Lipinski definition) is 2. The number of carbonyl (C=O) groups is 2.